The number of piperidine rings is 1. The predicted molar refractivity (Wildman–Crippen MR) is 59.7 cm³/mol. The van der Waals surface area contributed by atoms with Gasteiger partial charge in [-0.05, 0) is 25.2 Å². The van der Waals surface area contributed by atoms with Crippen molar-refractivity contribution in [3.05, 3.63) is 0 Å². The molecule has 82 valence electrons. The van der Waals surface area contributed by atoms with E-state index in [2.05, 4.69) is 22.9 Å². The highest BCUT2D eigenvalue weighted by Crippen LogP contribution is 2.16. The summed E-state index contributed by atoms with van der Waals surface area (Å²) in [5.74, 6) is 0.618. The van der Waals surface area contributed by atoms with E-state index >= 15 is 0 Å². The average molecular weight is 264 g/mol. The van der Waals surface area contributed by atoms with Gasteiger partial charge in [0, 0.05) is 18.4 Å². The number of hydrogen-bond donors (Lipinski definition) is 0. The Morgan fingerprint density at radius 1 is 1.64 bits per heavy atom. The molecule has 1 unspecified atom stereocenters. The molecule has 3 nitrogen and oxygen atoms in total. The first-order valence-electron chi connectivity index (χ1n) is 5.21. The van der Waals surface area contributed by atoms with E-state index in [1.54, 1.807) is 0 Å². The van der Waals surface area contributed by atoms with Crippen molar-refractivity contribution in [2.24, 2.45) is 5.92 Å². The number of ether oxygens (including phenoxy) is 1. The van der Waals surface area contributed by atoms with E-state index in [1.165, 1.54) is 6.42 Å². The highest BCUT2D eigenvalue weighted by atomic mass is 79.9. The third kappa shape index (κ3) is 3.86. The summed E-state index contributed by atoms with van der Waals surface area (Å²) in [6, 6.07) is 0. The monoisotopic (exact) mass is 263 g/mol. The van der Waals surface area contributed by atoms with Crippen LogP contribution in [0.2, 0.25) is 0 Å². The first-order chi connectivity index (χ1) is 6.74. The molecule has 1 saturated heterocycles. The van der Waals surface area contributed by atoms with Crippen molar-refractivity contribution in [1.29, 1.82) is 0 Å². The predicted octanol–water partition coefficient (Wildman–Crippen LogP) is 2.64. The molecular weight excluding hydrogens is 246 g/mol. The lowest BCUT2D eigenvalue weighted by atomic mass is 10.0. The minimum Gasteiger partial charge on any atom is -0.449 e. The number of rotatable bonds is 3. The second-order valence-corrected chi connectivity index (χ2v) is 4.64. The van der Waals surface area contributed by atoms with Gasteiger partial charge in [0.1, 0.15) is 0 Å². The quantitative estimate of drug-likeness (QED) is 0.579. The maximum absolute atomic E-state index is 11.5. The van der Waals surface area contributed by atoms with E-state index in [-0.39, 0.29) is 6.09 Å². The highest BCUT2D eigenvalue weighted by molar-refractivity contribution is 9.09. The Labute approximate surface area is 93.9 Å². The van der Waals surface area contributed by atoms with Crippen molar-refractivity contribution in [2.45, 2.75) is 26.2 Å². The van der Waals surface area contributed by atoms with Crippen molar-refractivity contribution >= 4 is 22.0 Å². The van der Waals surface area contributed by atoms with Crippen molar-refractivity contribution in [3.8, 4) is 0 Å². The van der Waals surface area contributed by atoms with Crippen LogP contribution < -0.4 is 0 Å². The summed E-state index contributed by atoms with van der Waals surface area (Å²) in [6.45, 7) is 4.41. The zero-order valence-electron chi connectivity index (χ0n) is 8.67. The largest absolute Gasteiger partial charge is 0.449 e. The fraction of sp³-hybridized carbons (Fsp3) is 0.900. The van der Waals surface area contributed by atoms with Gasteiger partial charge in [-0.1, -0.05) is 22.9 Å². The zero-order valence-corrected chi connectivity index (χ0v) is 10.3. The lowest BCUT2D eigenvalue weighted by Gasteiger charge is -2.30. The normalized spacial score (nSPS) is 22.1. The molecule has 1 aliphatic rings. The van der Waals surface area contributed by atoms with Gasteiger partial charge in [-0.3, -0.25) is 0 Å². The number of carbonyl (C=O) groups excluding carboxylic acids is 1. The van der Waals surface area contributed by atoms with E-state index in [1.807, 2.05) is 4.90 Å². The number of amides is 1. The molecule has 0 bridgehead atoms. The SMILES string of the molecule is CC1CCCN(C(=O)OCCCBr)C1. The van der Waals surface area contributed by atoms with Crippen molar-refractivity contribution in [1.82, 2.24) is 4.90 Å². The first kappa shape index (κ1) is 11.8. The van der Waals surface area contributed by atoms with Crippen LogP contribution in [0, 0.1) is 5.92 Å². The van der Waals surface area contributed by atoms with Gasteiger partial charge in [0.2, 0.25) is 0 Å². The van der Waals surface area contributed by atoms with Gasteiger partial charge >= 0.3 is 6.09 Å². The second-order valence-electron chi connectivity index (χ2n) is 3.85. The Bertz CT molecular complexity index is 187. The minimum absolute atomic E-state index is 0.141. The molecular formula is C10H18BrNO2. The molecule has 0 saturated carbocycles. The van der Waals surface area contributed by atoms with Gasteiger partial charge in [-0.15, -0.1) is 0 Å². The van der Waals surface area contributed by atoms with Gasteiger partial charge < -0.3 is 9.64 Å². The van der Waals surface area contributed by atoms with E-state index in [0.717, 1.165) is 31.3 Å². The first-order valence-corrected chi connectivity index (χ1v) is 6.34. The lowest BCUT2D eigenvalue weighted by Crippen LogP contribution is -2.39. The Balaban J connectivity index is 2.22. The summed E-state index contributed by atoms with van der Waals surface area (Å²) in [5.41, 5.74) is 0. The van der Waals surface area contributed by atoms with Crippen molar-refractivity contribution < 1.29 is 9.53 Å². The summed E-state index contributed by atoms with van der Waals surface area (Å²) in [4.78, 5) is 13.3. The molecule has 14 heavy (non-hydrogen) atoms. The second kappa shape index (κ2) is 6.27. The van der Waals surface area contributed by atoms with Crippen LogP contribution in [0.1, 0.15) is 26.2 Å². The molecule has 1 aliphatic heterocycles. The molecule has 0 radical (unpaired) electrons. The average Bonchev–Trinajstić information content (AvgIpc) is 2.18. The number of alkyl halides is 1. The summed E-state index contributed by atoms with van der Waals surface area (Å²) >= 11 is 3.30. The Kier molecular flexibility index (Phi) is 5.30. The smallest absolute Gasteiger partial charge is 0.409 e. The third-order valence-corrected chi connectivity index (χ3v) is 2.98. The fourth-order valence-electron chi connectivity index (χ4n) is 1.66. The summed E-state index contributed by atoms with van der Waals surface area (Å²) in [6.07, 6.45) is 3.08. The molecule has 0 N–H and O–H groups in total. The molecule has 0 aromatic carbocycles. The Morgan fingerprint density at radius 3 is 3.07 bits per heavy atom. The third-order valence-electron chi connectivity index (χ3n) is 2.42. The molecule has 1 fully saturated rings. The fourth-order valence-corrected chi connectivity index (χ4v) is 1.89. The Hall–Kier alpha value is -0.250. The van der Waals surface area contributed by atoms with Crippen LogP contribution in [-0.4, -0.2) is 36.0 Å². The standard InChI is InChI=1S/C10H18BrNO2/c1-9-4-2-6-12(8-9)10(13)14-7-3-5-11/h9H,2-8H2,1H3. The number of carbonyl (C=O) groups is 1. The molecule has 0 aliphatic carbocycles. The molecule has 1 amide bonds. The van der Waals surface area contributed by atoms with Crippen LogP contribution in [0.3, 0.4) is 0 Å². The molecule has 1 atom stereocenters. The molecule has 0 aromatic rings. The number of nitrogens with zero attached hydrogens (tertiary/aromatic N) is 1. The molecule has 0 spiro atoms. The van der Waals surface area contributed by atoms with E-state index in [0.29, 0.717) is 12.5 Å². The van der Waals surface area contributed by atoms with Gasteiger partial charge in [0.15, 0.2) is 0 Å². The number of likely N-dealkylation sites (tertiary alicyclic amines) is 1. The highest BCUT2D eigenvalue weighted by Gasteiger charge is 2.21. The van der Waals surface area contributed by atoms with Crippen LogP contribution in [0.4, 0.5) is 4.79 Å². The van der Waals surface area contributed by atoms with Crippen LogP contribution >= 0.6 is 15.9 Å². The maximum atomic E-state index is 11.5. The zero-order chi connectivity index (χ0) is 10.4. The van der Waals surface area contributed by atoms with Crippen molar-refractivity contribution in [2.75, 3.05) is 25.0 Å². The van der Waals surface area contributed by atoms with E-state index in [4.69, 9.17) is 4.74 Å². The van der Waals surface area contributed by atoms with Crippen LogP contribution in [0.15, 0.2) is 0 Å². The van der Waals surface area contributed by atoms with Gasteiger partial charge in [0.05, 0.1) is 6.61 Å². The molecule has 1 rings (SSSR count). The van der Waals surface area contributed by atoms with E-state index < -0.39 is 0 Å². The van der Waals surface area contributed by atoms with Gasteiger partial charge in [-0.2, -0.15) is 0 Å². The lowest BCUT2D eigenvalue weighted by molar-refractivity contribution is 0.0867. The van der Waals surface area contributed by atoms with Crippen LogP contribution in [0.5, 0.6) is 0 Å². The van der Waals surface area contributed by atoms with Gasteiger partial charge in [-0.25, -0.2) is 4.79 Å². The Morgan fingerprint density at radius 2 is 2.43 bits per heavy atom. The van der Waals surface area contributed by atoms with Gasteiger partial charge in [0.25, 0.3) is 0 Å². The molecule has 1 heterocycles. The minimum atomic E-state index is -0.141. The van der Waals surface area contributed by atoms with Crippen molar-refractivity contribution in [3.63, 3.8) is 0 Å². The summed E-state index contributed by atoms with van der Waals surface area (Å²) < 4.78 is 5.13. The topological polar surface area (TPSA) is 29.5 Å². The number of hydrogen-bond acceptors (Lipinski definition) is 2. The summed E-state index contributed by atoms with van der Waals surface area (Å²) in [7, 11) is 0. The maximum Gasteiger partial charge on any atom is 0.409 e. The van der Waals surface area contributed by atoms with Crippen LogP contribution in [-0.2, 0) is 4.74 Å². The van der Waals surface area contributed by atoms with E-state index in [9.17, 15) is 4.79 Å². The number of halogens is 1. The summed E-state index contributed by atoms with van der Waals surface area (Å²) in [5, 5.41) is 0.886. The van der Waals surface area contributed by atoms with Crippen LogP contribution in [0.25, 0.3) is 0 Å². The molecule has 4 heteroatoms. The molecule has 0 aromatic heterocycles.